The number of rotatable bonds is 5. The largest absolute Gasteiger partial charge is 0.398 e. The van der Waals surface area contributed by atoms with Crippen LogP contribution >= 0.6 is 27.5 Å². The fourth-order valence-electron chi connectivity index (χ4n) is 19.2. The average molecular weight is 1440 g/mol. The highest BCUT2D eigenvalue weighted by Crippen LogP contribution is 2.64. The van der Waals surface area contributed by atoms with Gasteiger partial charge >= 0.3 is 0 Å². The lowest BCUT2D eigenvalue weighted by molar-refractivity contribution is 0.195. The van der Waals surface area contributed by atoms with Gasteiger partial charge in [0, 0.05) is 76.4 Å². The predicted octanol–water partition coefficient (Wildman–Crippen LogP) is 27.8. The molecule has 0 bridgehead atoms. The minimum Gasteiger partial charge on any atom is -0.398 e. The molecule has 0 saturated heterocycles. The summed E-state index contributed by atoms with van der Waals surface area (Å²) in [6.45, 7) is 46.1. The summed E-state index contributed by atoms with van der Waals surface area (Å²) in [4.78, 5) is 7.90. The Bertz CT molecular complexity index is 4830. The van der Waals surface area contributed by atoms with Gasteiger partial charge in [0.05, 0.1) is 22.5 Å². The predicted molar refractivity (Wildman–Crippen MR) is 444 cm³/mol. The summed E-state index contributed by atoms with van der Waals surface area (Å²) >= 11 is 10.1. The zero-order valence-corrected chi connectivity index (χ0v) is 67.1. The number of nitrogens with two attached hydrogens (primary N) is 1. The molecule has 2 saturated carbocycles. The molecular weight excluding hydrogens is 1320 g/mol. The van der Waals surface area contributed by atoms with Crippen LogP contribution in [-0.4, -0.2) is 11.1 Å². The maximum atomic E-state index is 6.38. The van der Waals surface area contributed by atoms with Crippen LogP contribution in [0.4, 0.5) is 45.5 Å². The van der Waals surface area contributed by atoms with Crippen molar-refractivity contribution in [3.63, 3.8) is 0 Å². The quantitative estimate of drug-likeness (QED) is 0.174. The van der Waals surface area contributed by atoms with E-state index in [1.165, 1.54) is 196 Å². The highest BCUT2D eigenvalue weighted by Gasteiger charge is 2.59. The summed E-state index contributed by atoms with van der Waals surface area (Å²) in [6.07, 6.45) is 10.1. The number of para-hydroxylation sites is 2. The number of anilines is 8. The zero-order valence-electron chi connectivity index (χ0n) is 64.8. The van der Waals surface area contributed by atoms with Crippen molar-refractivity contribution in [2.24, 2.45) is 0 Å². The molecule has 2 aliphatic heterocycles. The van der Waals surface area contributed by atoms with E-state index in [1.54, 1.807) is 0 Å². The lowest BCUT2D eigenvalue weighted by Gasteiger charge is -2.50. The third-order valence-electron chi connectivity index (χ3n) is 25.3. The molecule has 102 heavy (non-hydrogen) atoms. The molecule has 0 spiro atoms. The van der Waals surface area contributed by atoms with Crippen molar-refractivity contribution in [3.05, 3.63) is 282 Å². The third-order valence-corrected chi connectivity index (χ3v) is 26.2. The minimum absolute atomic E-state index is 0.00196. The second-order valence-electron chi connectivity index (χ2n) is 34.9. The van der Waals surface area contributed by atoms with E-state index in [2.05, 4.69) is 357 Å². The average Bonchev–Trinajstić information content (AvgIpc) is 1.54. The topological polar surface area (TPSA) is 35.7 Å². The molecule has 0 radical (unpaired) electrons. The SMILES string of the molecule is CC1(C)c2ccccc2-c2c(Br)cccc21.Cc1cc(C(C)(C)C)cc(C)c1N.Cc1cc(Cl)cc(N2c3ccccc3C3(C)CCCCC23C)c1.Cc1cc(N(c2cccc3c2-c2ccccc2C3(C)C)c2c(C)cc(C(C)(C)C)cc2C)cc(N2c3ccccc3C3(C)CCCCC23C)c1. The maximum Gasteiger partial charge on any atom is 0.0543 e. The fourth-order valence-corrected chi connectivity index (χ4v) is 20.1. The number of benzene rings is 10. The van der Waals surface area contributed by atoms with Gasteiger partial charge in [-0.2, -0.15) is 0 Å². The standard InChI is InChI=1S/C48H54N2.C21H24ClN.C15H13Br.C12H19N/c1-31-26-35(30-36(27-31)50-41-22-14-13-20-39(41)47(9)24-15-16-25-48(47,50)10)49(44-32(2)28-34(29-33(44)3)45(4,5)6)42-23-17-21-40-43(42)37-18-11-12-19-38(37)46(40,7)8;1-15-12-16(22)14-17(13-15)23-19-9-5-4-8-18(19)20(2)10-6-7-11-21(20,23)3;1-15(2)11-7-4-3-6-10(11)14-12(15)8-5-9-13(14)16;1-8-6-10(12(3,4)5)7-9(2)11(8)13/h11-14,17-23,26-30H,15-16,24-25H2,1-10H3;4-5,8-9,12-14H,6-7,10-11H2,1-3H3;3-9H,1-2H3;6-7H,13H2,1-5H3. The third kappa shape index (κ3) is 12.0. The number of nitrogens with zero attached hydrogens (tertiary/aromatic N) is 3. The molecule has 2 fully saturated rings. The van der Waals surface area contributed by atoms with Crippen molar-refractivity contribution >= 4 is 73.0 Å². The van der Waals surface area contributed by atoms with E-state index >= 15 is 0 Å². The highest BCUT2D eigenvalue weighted by molar-refractivity contribution is 9.10. The minimum atomic E-state index is -0.0785. The van der Waals surface area contributed by atoms with Gasteiger partial charge in [0.1, 0.15) is 0 Å². The first-order valence-corrected chi connectivity index (χ1v) is 38.8. The van der Waals surface area contributed by atoms with E-state index in [4.69, 9.17) is 17.3 Å². The second kappa shape index (κ2) is 26.4. The van der Waals surface area contributed by atoms with Crippen LogP contribution in [0.15, 0.2) is 199 Å². The van der Waals surface area contributed by atoms with E-state index in [-0.39, 0.29) is 43.6 Å². The van der Waals surface area contributed by atoms with Gasteiger partial charge in [-0.3, -0.25) is 0 Å². The summed E-state index contributed by atoms with van der Waals surface area (Å²) in [7, 11) is 0. The molecule has 2 heterocycles. The number of halogens is 2. The molecule has 528 valence electrons. The molecule has 2 N–H and O–H groups in total. The van der Waals surface area contributed by atoms with Crippen LogP contribution in [0.3, 0.4) is 0 Å². The molecule has 4 atom stereocenters. The molecule has 16 rings (SSSR count). The highest BCUT2D eigenvalue weighted by atomic mass is 79.9. The lowest BCUT2D eigenvalue weighted by Crippen LogP contribution is -2.54. The Kier molecular flexibility index (Phi) is 18.8. The van der Waals surface area contributed by atoms with Crippen LogP contribution in [0.2, 0.25) is 5.02 Å². The number of hydrogen-bond acceptors (Lipinski definition) is 4. The molecule has 4 nitrogen and oxygen atoms in total. The van der Waals surface area contributed by atoms with E-state index < -0.39 is 0 Å². The molecule has 4 aliphatic carbocycles. The smallest absolute Gasteiger partial charge is 0.0543 e. The molecule has 6 heteroatoms. The van der Waals surface area contributed by atoms with Gasteiger partial charge in [0.25, 0.3) is 0 Å². The van der Waals surface area contributed by atoms with Crippen LogP contribution in [0.1, 0.15) is 226 Å². The molecule has 10 aromatic rings. The molecule has 6 aliphatic rings. The van der Waals surface area contributed by atoms with Crippen LogP contribution in [0.5, 0.6) is 0 Å². The van der Waals surface area contributed by atoms with E-state index in [1.807, 2.05) is 6.07 Å². The number of hydrogen-bond donors (Lipinski definition) is 1. The first kappa shape index (κ1) is 72.5. The zero-order chi connectivity index (χ0) is 73.2. The van der Waals surface area contributed by atoms with Crippen molar-refractivity contribution in [2.45, 2.75) is 233 Å². The van der Waals surface area contributed by atoms with Crippen LogP contribution < -0.4 is 20.4 Å². The lowest BCUT2D eigenvalue weighted by atomic mass is 9.61. The van der Waals surface area contributed by atoms with Crippen molar-refractivity contribution in [3.8, 4) is 22.3 Å². The Labute approximate surface area is 626 Å². The van der Waals surface area contributed by atoms with Gasteiger partial charge in [0.15, 0.2) is 0 Å². The molecule has 4 unspecified atom stereocenters. The van der Waals surface area contributed by atoms with Gasteiger partial charge in [-0.1, -0.05) is 270 Å². The first-order valence-electron chi connectivity index (χ1n) is 37.7. The molecule has 0 amide bonds. The first-order chi connectivity index (χ1) is 48.1. The Hall–Kier alpha value is -7.83. The van der Waals surface area contributed by atoms with Crippen LogP contribution in [0, 0.1) is 41.5 Å². The number of aryl methyl sites for hydroxylation is 6. The Morgan fingerprint density at radius 2 is 0.804 bits per heavy atom. The summed E-state index contributed by atoms with van der Waals surface area (Å²) in [5, 5.41) is 0.825. The van der Waals surface area contributed by atoms with Crippen molar-refractivity contribution in [1.82, 2.24) is 0 Å². The van der Waals surface area contributed by atoms with E-state index in [9.17, 15) is 0 Å². The van der Waals surface area contributed by atoms with Gasteiger partial charge in [-0.05, 0) is 242 Å². The Balaban J connectivity index is 0.000000145. The van der Waals surface area contributed by atoms with E-state index in [0.717, 1.165) is 10.7 Å². The normalized spacial score (nSPS) is 21.2. The second-order valence-corrected chi connectivity index (χ2v) is 36.2. The molecular formula is C96H110BrClN4. The Morgan fingerprint density at radius 1 is 0.412 bits per heavy atom. The number of fused-ring (bicyclic) bond motifs is 12. The van der Waals surface area contributed by atoms with Gasteiger partial charge in [-0.15, -0.1) is 0 Å². The monoisotopic (exact) mass is 1430 g/mol. The van der Waals surface area contributed by atoms with Gasteiger partial charge in [-0.25, -0.2) is 0 Å². The number of nitrogen functional groups attached to an aromatic ring is 1. The summed E-state index contributed by atoms with van der Waals surface area (Å²) in [6, 6.07) is 72.4. The van der Waals surface area contributed by atoms with Gasteiger partial charge < -0.3 is 20.4 Å². The van der Waals surface area contributed by atoms with Crippen molar-refractivity contribution in [2.75, 3.05) is 20.4 Å². The summed E-state index contributed by atoms with van der Waals surface area (Å²) in [5.74, 6) is 0. The maximum absolute atomic E-state index is 6.38. The van der Waals surface area contributed by atoms with Crippen molar-refractivity contribution in [1.29, 1.82) is 0 Å². The van der Waals surface area contributed by atoms with Crippen molar-refractivity contribution < 1.29 is 0 Å². The summed E-state index contributed by atoms with van der Waals surface area (Å²) in [5.41, 5.74) is 40.9. The van der Waals surface area contributed by atoms with Gasteiger partial charge in [0.2, 0.25) is 0 Å². The summed E-state index contributed by atoms with van der Waals surface area (Å²) < 4.78 is 1.20. The van der Waals surface area contributed by atoms with E-state index in [0.29, 0.717) is 0 Å². The van der Waals surface area contributed by atoms with Crippen LogP contribution in [-0.2, 0) is 32.5 Å². The Morgan fingerprint density at radius 3 is 1.28 bits per heavy atom. The van der Waals surface area contributed by atoms with Crippen LogP contribution in [0.25, 0.3) is 22.3 Å². The molecule has 0 aromatic heterocycles. The fraction of sp³-hybridized carbons (Fsp3) is 0.375. The molecule has 10 aromatic carbocycles.